The molecule has 1 aromatic heterocycles. The molecule has 0 bridgehead atoms. The van der Waals surface area contributed by atoms with Crippen LogP contribution in [0.4, 0.5) is 5.69 Å². The van der Waals surface area contributed by atoms with Crippen LogP contribution in [0.1, 0.15) is 10.5 Å². The summed E-state index contributed by atoms with van der Waals surface area (Å²) in [6, 6.07) is 6.80. The number of nitrogens with zero attached hydrogens (tertiary/aromatic N) is 3. The molecule has 1 saturated heterocycles. The molecule has 2 N–H and O–H groups in total. The monoisotopic (exact) mass is 318 g/mol. The van der Waals surface area contributed by atoms with E-state index < -0.39 is 12.1 Å². The maximum absolute atomic E-state index is 12.1. The first kappa shape index (κ1) is 15.1. The van der Waals surface area contributed by atoms with Crippen LogP contribution in [0, 0.1) is 0 Å². The third-order valence-corrected chi connectivity index (χ3v) is 3.20. The van der Waals surface area contributed by atoms with Crippen molar-refractivity contribution < 1.29 is 24.2 Å². The fraction of sp³-hybridized carbons (Fsp3) is 0.286. The maximum Gasteiger partial charge on any atom is 0.358 e. The van der Waals surface area contributed by atoms with Gasteiger partial charge in [0.05, 0.1) is 31.7 Å². The third-order valence-electron chi connectivity index (χ3n) is 3.20. The third kappa shape index (κ3) is 3.52. The normalized spacial score (nSPS) is 17.7. The smallest absolute Gasteiger partial charge is 0.358 e. The zero-order valence-corrected chi connectivity index (χ0v) is 12.0. The molecule has 2 aromatic rings. The van der Waals surface area contributed by atoms with E-state index in [-0.39, 0.29) is 18.2 Å². The Morgan fingerprint density at radius 2 is 2.22 bits per heavy atom. The Hall–Kier alpha value is -2.78. The van der Waals surface area contributed by atoms with Crippen LogP contribution < -0.4 is 5.32 Å². The molecular weight excluding hydrogens is 304 g/mol. The molecule has 0 radical (unpaired) electrons. The number of carbonyl (C=O) groups is 2. The van der Waals surface area contributed by atoms with Crippen molar-refractivity contribution >= 4 is 17.6 Å². The number of aromatic nitrogens is 3. The first-order chi connectivity index (χ1) is 11.1. The minimum Gasteiger partial charge on any atom is -0.476 e. The first-order valence-corrected chi connectivity index (χ1v) is 6.90. The van der Waals surface area contributed by atoms with E-state index in [4.69, 9.17) is 14.6 Å². The molecule has 0 aliphatic carbocycles. The highest BCUT2D eigenvalue weighted by Gasteiger charge is 2.22. The lowest BCUT2D eigenvalue weighted by Gasteiger charge is -2.22. The molecule has 1 amide bonds. The number of hydrogen-bond donors (Lipinski definition) is 2. The Bertz CT molecular complexity index is 723. The summed E-state index contributed by atoms with van der Waals surface area (Å²) in [7, 11) is 0. The zero-order chi connectivity index (χ0) is 16.2. The number of benzene rings is 1. The standard InChI is InChI=1S/C14H14N4O5/c19-13(12-8-22-4-5-23-12)15-9-2-1-3-10(6-9)18-7-11(14(20)21)16-17-18/h1-3,6-7,12H,4-5,8H2,(H,15,19)(H,20,21). The molecule has 1 aliphatic heterocycles. The van der Waals surface area contributed by atoms with E-state index in [1.165, 1.54) is 10.9 Å². The van der Waals surface area contributed by atoms with Crippen LogP contribution in [0.25, 0.3) is 5.69 Å². The predicted molar refractivity (Wildman–Crippen MR) is 77.5 cm³/mol. The van der Waals surface area contributed by atoms with Crippen molar-refractivity contribution in [3.05, 3.63) is 36.2 Å². The zero-order valence-electron chi connectivity index (χ0n) is 12.0. The molecule has 3 rings (SSSR count). The van der Waals surface area contributed by atoms with Crippen LogP contribution in [0.3, 0.4) is 0 Å². The summed E-state index contributed by atoms with van der Waals surface area (Å²) in [5, 5.41) is 18.9. The van der Waals surface area contributed by atoms with Gasteiger partial charge in [0.1, 0.15) is 0 Å². The van der Waals surface area contributed by atoms with Gasteiger partial charge in [0.25, 0.3) is 5.91 Å². The Balaban J connectivity index is 1.73. The van der Waals surface area contributed by atoms with Gasteiger partial charge >= 0.3 is 5.97 Å². The van der Waals surface area contributed by atoms with Crippen LogP contribution in [-0.4, -0.2) is 57.9 Å². The van der Waals surface area contributed by atoms with Gasteiger partial charge in [-0.1, -0.05) is 11.3 Å². The minimum atomic E-state index is -1.16. The topological polar surface area (TPSA) is 116 Å². The van der Waals surface area contributed by atoms with Crippen molar-refractivity contribution in [2.45, 2.75) is 6.10 Å². The molecule has 0 saturated carbocycles. The molecular formula is C14H14N4O5. The van der Waals surface area contributed by atoms with Gasteiger partial charge in [0, 0.05) is 5.69 Å². The molecule has 1 fully saturated rings. The molecule has 2 heterocycles. The fourth-order valence-electron chi connectivity index (χ4n) is 2.08. The average molecular weight is 318 g/mol. The molecule has 1 aromatic carbocycles. The molecule has 23 heavy (non-hydrogen) atoms. The molecule has 9 heteroatoms. The number of ether oxygens (including phenoxy) is 2. The van der Waals surface area contributed by atoms with E-state index in [1.54, 1.807) is 24.3 Å². The summed E-state index contributed by atoms with van der Waals surface area (Å²) in [5.74, 6) is -1.46. The second kappa shape index (κ2) is 6.55. The summed E-state index contributed by atoms with van der Waals surface area (Å²) in [6.45, 7) is 1.09. The van der Waals surface area contributed by atoms with Crippen LogP contribution in [0.15, 0.2) is 30.5 Å². The van der Waals surface area contributed by atoms with Gasteiger partial charge < -0.3 is 19.9 Å². The van der Waals surface area contributed by atoms with E-state index in [0.717, 1.165) is 0 Å². The van der Waals surface area contributed by atoms with Gasteiger partial charge in [-0.15, -0.1) is 5.10 Å². The second-order valence-corrected chi connectivity index (χ2v) is 4.83. The van der Waals surface area contributed by atoms with Crippen molar-refractivity contribution in [2.75, 3.05) is 25.1 Å². The van der Waals surface area contributed by atoms with Crippen molar-refractivity contribution in [2.24, 2.45) is 0 Å². The van der Waals surface area contributed by atoms with E-state index in [9.17, 15) is 9.59 Å². The maximum atomic E-state index is 12.1. The number of aromatic carboxylic acids is 1. The Morgan fingerprint density at radius 3 is 2.91 bits per heavy atom. The quantitative estimate of drug-likeness (QED) is 0.834. The Morgan fingerprint density at radius 1 is 1.35 bits per heavy atom. The van der Waals surface area contributed by atoms with Crippen molar-refractivity contribution in [3.63, 3.8) is 0 Å². The van der Waals surface area contributed by atoms with Crippen molar-refractivity contribution in [3.8, 4) is 5.69 Å². The highest BCUT2D eigenvalue weighted by molar-refractivity contribution is 5.94. The second-order valence-electron chi connectivity index (χ2n) is 4.83. The molecule has 1 unspecified atom stereocenters. The van der Waals surface area contributed by atoms with E-state index in [1.807, 2.05) is 0 Å². The predicted octanol–water partition coefficient (Wildman–Crippen LogP) is 0.319. The summed E-state index contributed by atoms with van der Waals surface area (Å²) in [5.41, 5.74) is 0.949. The van der Waals surface area contributed by atoms with Crippen molar-refractivity contribution in [1.82, 2.24) is 15.0 Å². The lowest BCUT2D eigenvalue weighted by Crippen LogP contribution is -2.39. The molecule has 1 aliphatic rings. The number of hydrogen-bond acceptors (Lipinski definition) is 6. The van der Waals surface area contributed by atoms with Gasteiger partial charge in [-0.2, -0.15) is 0 Å². The Kier molecular flexibility index (Phi) is 4.31. The average Bonchev–Trinajstić information content (AvgIpc) is 3.06. The van der Waals surface area contributed by atoms with E-state index in [0.29, 0.717) is 24.6 Å². The highest BCUT2D eigenvalue weighted by atomic mass is 16.6. The van der Waals surface area contributed by atoms with Crippen LogP contribution in [0.2, 0.25) is 0 Å². The lowest BCUT2D eigenvalue weighted by atomic mass is 10.2. The summed E-state index contributed by atoms with van der Waals surface area (Å²) < 4.78 is 11.8. The van der Waals surface area contributed by atoms with Gasteiger partial charge in [-0.05, 0) is 18.2 Å². The van der Waals surface area contributed by atoms with Crippen molar-refractivity contribution in [1.29, 1.82) is 0 Å². The van der Waals surface area contributed by atoms with Crippen LogP contribution in [-0.2, 0) is 14.3 Å². The molecule has 120 valence electrons. The van der Waals surface area contributed by atoms with Gasteiger partial charge in [-0.25, -0.2) is 9.48 Å². The van der Waals surface area contributed by atoms with Gasteiger partial charge in [0.15, 0.2) is 11.8 Å². The van der Waals surface area contributed by atoms with Crippen LogP contribution in [0.5, 0.6) is 0 Å². The lowest BCUT2D eigenvalue weighted by molar-refractivity contribution is -0.142. The largest absolute Gasteiger partial charge is 0.476 e. The van der Waals surface area contributed by atoms with Gasteiger partial charge in [0.2, 0.25) is 0 Å². The number of carboxylic acids is 1. The van der Waals surface area contributed by atoms with Gasteiger partial charge in [-0.3, -0.25) is 4.79 Å². The Labute approximate surface area is 130 Å². The molecule has 0 spiro atoms. The minimum absolute atomic E-state index is 0.160. The molecule has 1 atom stereocenters. The number of carboxylic acid groups (broad SMARTS) is 1. The summed E-state index contributed by atoms with van der Waals surface area (Å²) >= 11 is 0. The number of anilines is 1. The number of carbonyl (C=O) groups excluding carboxylic acids is 1. The van der Waals surface area contributed by atoms with E-state index >= 15 is 0 Å². The van der Waals surface area contributed by atoms with Crippen LogP contribution >= 0.6 is 0 Å². The summed E-state index contributed by atoms with van der Waals surface area (Å²) in [6.07, 6.45) is 0.652. The fourth-order valence-corrected chi connectivity index (χ4v) is 2.08. The highest BCUT2D eigenvalue weighted by Crippen LogP contribution is 2.15. The first-order valence-electron chi connectivity index (χ1n) is 6.90. The molecule has 9 nitrogen and oxygen atoms in total. The SMILES string of the molecule is O=C(O)c1cn(-c2cccc(NC(=O)C3COCCO3)c2)nn1. The number of nitrogens with one attached hydrogen (secondary N) is 1. The number of rotatable bonds is 4. The summed E-state index contributed by atoms with van der Waals surface area (Å²) in [4.78, 5) is 22.9. The van der Waals surface area contributed by atoms with E-state index in [2.05, 4.69) is 15.6 Å². The number of amides is 1.